The standard InChI is InChI=1S/C15H19F3N2O/c1-12(2)20(11-15(16,17)18)8-5-9-21-14-7-4-3-6-13(14)10-19/h3-4,6-7,12H,5,8-9,11H2,1-2H3. The molecule has 21 heavy (non-hydrogen) atoms. The summed E-state index contributed by atoms with van der Waals surface area (Å²) in [7, 11) is 0. The molecule has 1 aromatic rings. The molecule has 0 heterocycles. The van der Waals surface area contributed by atoms with Gasteiger partial charge in [-0.15, -0.1) is 0 Å². The normalized spacial score (nSPS) is 11.7. The van der Waals surface area contributed by atoms with Gasteiger partial charge < -0.3 is 4.74 Å². The monoisotopic (exact) mass is 300 g/mol. The van der Waals surface area contributed by atoms with Crippen LogP contribution in [-0.2, 0) is 0 Å². The van der Waals surface area contributed by atoms with Crippen LogP contribution in [-0.4, -0.2) is 36.8 Å². The van der Waals surface area contributed by atoms with Gasteiger partial charge in [-0.3, -0.25) is 4.90 Å². The minimum absolute atomic E-state index is 0.182. The summed E-state index contributed by atoms with van der Waals surface area (Å²) in [6.45, 7) is 3.13. The van der Waals surface area contributed by atoms with Gasteiger partial charge in [0.15, 0.2) is 0 Å². The van der Waals surface area contributed by atoms with Crippen molar-refractivity contribution in [3.8, 4) is 11.8 Å². The van der Waals surface area contributed by atoms with Gasteiger partial charge in [0.2, 0.25) is 0 Å². The van der Waals surface area contributed by atoms with Crippen LogP contribution in [0.5, 0.6) is 5.75 Å². The number of ether oxygens (including phenoxy) is 1. The van der Waals surface area contributed by atoms with Crippen molar-refractivity contribution < 1.29 is 17.9 Å². The highest BCUT2D eigenvalue weighted by Gasteiger charge is 2.31. The molecule has 0 radical (unpaired) electrons. The highest BCUT2D eigenvalue weighted by Crippen LogP contribution is 2.19. The number of para-hydroxylation sites is 1. The van der Waals surface area contributed by atoms with Crippen molar-refractivity contribution in [2.45, 2.75) is 32.5 Å². The summed E-state index contributed by atoms with van der Waals surface area (Å²) in [5.74, 6) is 0.465. The lowest BCUT2D eigenvalue weighted by Crippen LogP contribution is -2.40. The number of rotatable bonds is 7. The smallest absolute Gasteiger partial charge is 0.401 e. The highest BCUT2D eigenvalue weighted by atomic mass is 19.4. The maximum atomic E-state index is 12.4. The summed E-state index contributed by atoms with van der Waals surface area (Å²) < 4.78 is 42.7. The molecular formula is C15H19F3N2O. The van der Waals surface area contributed by atoms with Crippen LogP contribution in [0.1, 0.15) is 25.8 Å². The highest BCUT2D eigenvalue weighted by molar-refractivity contribution is 5.42. The first-order chi connectivity index (χ1) is 9.83. The first kappa shape index (κ1) is 17.3. The number of hydrogen-bond donors (Lipinski definition) is 0. The molecule has 0 amide bonds. The molecule has 0 aliphatic rings. The van der Waals surface area contributed by atoms with E-state index in [9.17, 15) is 13.2 Å². The van der Waals surface area contributed by atoms with Crippen LogP contribution in [0.3, 0.4) is 0 Å². The number of nitrogens with zero attached hydrogens (tertiary/aromatic N) is 2. The van der Waals surface area contributed by atoms with E-state index in [4.69, 9.17) is 10.00 Å². The van der Waals surface area contributed by atoms with Crippen LogP contribution < -0.4 is 4.74 Å². The molecule has 0 aliphatic heterocycles. The molecule has 6 heteroatoms. The Hall–Kier alpha value is -1.74. The zero-order chi connectivity index (χ0) is 15.9. The lowest BCUT2D eigenvalue weighted by Gasteiger charge is -2.27. The summed E-state index contributed by atoms with van der Waals surface area (Å²) in [6, 6.07) is 8.62. The summed E-state index contributed by atoms with van der Waals surface area (Å²) in [5, 5.41) is 8.90. The third-order valence-electron chi connectivity index (χ3n) is 2.97. The molecule has 0 bridgehead atoms. The maximum absolute atomic E-state index is 12.4. The number of nitriles is 1. The van der Waals surface area contributed by atoms with E-state index >= 15 is 0 Å². The number of alkyl halides is 3. The Balaban J connectivity index is 2.43. The first-order valence-corrected chi connectivity index (χ1v) is 6.76. The van der Waals surface area contributed by atoms with Crippen molar-refractivity contribution >= 4 is 0 Å². The van der Waals surface area contributed by atoms with Crippen LogP contribution in [0.25, 0.3) is 0 Å². The van der Waals surface area contributed by atoms with Crippen LogP contribution in [0, 0.1) is 11.3 Å². The summed E-state index contributed by atoms with van der Waals surface area (Å²) in [6.07, 6.45) is -3.73. The number of halogens is 3. The van der Waals surface area contributed by atoms with E-state index in [0.29, 0.717) is 24.3 Å². The molecule has 1 aromatic carbocycles. The Kier molecular flexibility index (Phi) is 6.50. The average Bonchev–Trinajstić information content (AvgIpc) is 2.41. The van der Waals surface area contributed by atoms with Crippen LogP contribution in [0.4, 0.5) is 13.2 Å². The second-order valence-electron chi connectivity index (χ2n) is 4.99. The second kappa shape index (κ2) is 7.89. The quantitative estimate of drug-likeness (QED) is 0.722. The fourth-order valence-electron chi connectivity index (χ4n) is 1.88. The van der Waals surface area contributed by atoms with E-state index in [1.165, 1.54) is 4.90 Å². The number of hydrogen-bond acceptors (Lipinski definition) is 3. The zero-order valence-corrected chi connectivity index (χ0v) is 12.2. The van der Waals surface area contributed by atoms with Crippen molar-refractivity contribution in [2.75, 3.05) is 19.7 Å². The van der Waals surface area contributed by atoms with Gasteiger partial charge in [-0.2, -0.15) is 18.4 Å². The van der Waals surface area contributed by atoms with Crippen molar-refractivity contribution in [1.82, 2.24) is 4.90 Å². The third-order valence-corrected chi connectivity index (χ3v) is 2.97. The topological polar surface area (TPSA) is 36.3 Å². The van der Waals surface area contributed by atoms with Crippen molar-refractivity contribution in [1.29, 1.82) is 5.26 Å². The molecular weight excluding hydrogens is 281 g/mol. The van der Waals surface area contributed by atoms with Gasteiger partial charge in [0, 0.05) is 12.6 Å². The Morgan fingerprint density at radius 3 is 2.52 bits per heavy atom. The van der Waals surface area contributed by atoms with Gasteiger partial charge in [-0.1, -0.05) is 12.1 Å². The van der Waals surface area contributed by atoms with Gasteiger partial charge in [0.25, 0.3) is 0 Å². The van der Waals surface area contributed by atoms with E-state index in [2.05, 4.69) is 0 Å². The molecule has 0 fully saturated rings. The van der Waals surface area contributed by atoms with Crippen LogP contribution in [0.15, 0.2) is 24.3 Å². The molecule has 0 saturated carbocycles. The molecule has 0 saturated heterocycles. The van der Waals surface area contributed by atoms with Crippen molar-refractivity contribution in [3.05, 3.63) is 29.8 Å². The van der Waals surface area contributed by atoms with E-state index in [0.717, 1.165) is 0 Å². The fourth-order valence-corrected chi connectivity index (χ4v) is 1.88. The lowest BCUT2D eigenvalue weighted by atomic mass is 10.2. The minimum Gasteiger partial charge on any atom is -0.492 e. The van der Waals surface area contributed by atoms with Crippen molar-refractivity contribution in [3.63, 3.8) is 0 Å². The van der Waals surface area contributed by atoms with Gasteiger partial charge in [0.1, 0.15) is 11.8 Å². The third kappa shape index (κ3) is 6.50. The van der Waals surface area contributed by atoms with Gasteiger partial charge in [-0.25, -0.2) is 0 Å². The SMILES string of the molecule is CC(C)N(CCCOc1ccccc1C#N)CC(F)(F)F. The molecule has 0 N–H and O–H groups in total. The second-order valence-corrected chi connectivity index (χ2v) is 4.99. The molecule has 0 spiro atoms. The van der Waals surface area contributed by atoms with E-state index in [1.54, 1.807) is 38.1 Å². The van der Waals surface area contributed by atoms with Crippen LogP contribution in [0.2, 0.25) is 0 Å². The van der Waals surface area contributed by atoms with Crippen molar-refractivity contribution in [2.24, 2.45) is 0 Å². The number of benzene rings is 1. The molecule has 3 nitrogen and oxygen atoms in total. The van der Waals surface area contributed by atoms with Gasteiger partial charge in [0.05, 0.1) is 18.7 Å². The van der Waals surface area contributed by atoms with E-state index in [-0.39, 0.29) is 12.6 Å². The predicted octanol–water partition coefficient (Wildman–Crippen LogP) is 3.60. The predicted molar refractivity (Wildman–Crippen MR) is 74.0 cm³/mol. The fraction of sp³-hybridized carbons (Fsp3) is 0.533. The summed E-state index contributed by atoms with van der Waals surface area (Å²) in [5.41, 5.74) is 0.425. The first-order valence-electron chi connectivity index (χ1n) is 6.76. The molecule has 1 rings (SSSR count). The van der Waals surface area contributed by atoms with Gasteiger partial charge in [-0.05, 0) is 32.4 Å². The molecule has 0 aromatic heterocycles. The molecule has 0 atom stereocenters. The maximum Gasteiger partial charge on any atom is 0.401 e. The Morgan fingerprint density at radius 2 is 1.95 bits per heavy atom. The molecule has 0 unspecified atom stereocenters. The molecule has 116 valence electrons. The summed E-state index contributed by atoms with van der Waals surface area (Å²) >= 11 is 0. The lowest BCUT2D eigenvalue weighted by molar-refractivity contribution is -0.149. The Morgan fingerprint density at radius 1 is 1.29 bits per heavy atom. The summed E-state index contributed by atoms with van der Waals surface area (Å²) in [4.78, 5) is 1.36. The van der Waals surface area contributed by atoms with E-state index in [1.807, 2.05) is 6.07 Å². The largest absolute Gasteiger partial charge is 0.492 e. The van der Waals surface area contributed by atoms with E-state index < -0.39 is 12.7 Å². The van der Waals surface area contributed by atoms with Crippen LogP contribution >= 0.6 is 0 Å². The average molecular weight is 300 g/mol. The minimum atomic E-state index is -4.20. The Bertz CT molecular complexity index is 481. The zero-order valence-electron chi connectivity index (χ0n) is 12.2. The van der Waals surface area contributed by atoms with Gasteiger partial charge >= 0.3 is 6.18 Å². The molecule has 0 aliphatic carbocycles. The Labute approximate surface area is 122 Å².